The summed E-state index contributed by atoms with van der Waals surface area (Å²) in [6, 6.07) is 4.11. The summed E-state index contributed by atoms with van der Waals surface area (Å²) in [7, 11) is 3.11. The van der Waals surface area contributed by atoms with Crippen LogP contribution in [0.4, 0.5) is 4.39 Å². The third-order valence-corrected chi connectivity index (χ3v) is 1.92. The smallest absolute Gasteiger partial charge is 0.256 e. The number of carbonyl (C=O) groups is 1. The van der Waals surface area contributed by atoms with Crippen molar-refractivity contribution in [3.8, 4) is 11.8 Å². The first-order chi connectivity index (χ1) is 7.56. The average Bonchev–Trinajstić information content (AvgIpc) is 2.25. The van der Waals surface area contributed by atoms with Crippen molar-refractivity contribution in [1.29, 1.82) is 0 Å². The van der Waals surface area contributed by atoms with E-state index in [1.54, 1.807) is 20.2 Å². The number of amides is 1. The summed E-state index contributed by atoms with van der Waals surface area (Å²) in [4.78, 5) is 12.8. The van der Waals surface area contributed by atoms with Crippen LogP contribution in [0.2, 0.25) is 0 Å². The van der Waals surface area contributed by atoms with Gasteiger partial charge in [0.05, 0.1) is 5.56 Å². The Morgan fingerprint density at radius 3 is 2.69 bits per heavy atom. The van der Waals surface area contributed by atoms with Gasteiger partial charge in [-0.2, -0.15) is 0 Å². The molecule has 0 unspecified atom stereocenters. The van der Waals surface area contributed by atoms with Crippen LogP contribution in [0.3, 0.4) is 0 Å². The second-order valence-electron chi connectivity index (χ2n) is 3.35. The predicted molar refractivity (Wildman–Crippen MR) is 58.4 cm³/mol. The zero-order valence-electron chi connectivity index (χ0n) is 9.12. The summed E-state index contributed by atoms with van der Waals surface area (Å²) >= 11 is 0. The van der Waals surface area contributed by atoms with Crippen molar-refractivity contribution in [2.24, 2.45) is 0 Å². The molecule has 3 nitrogen and oxygen atoms in total. The molecule has 0 atom stereocenters. The fourth-order valence-corrected chi connectivity index (χ4v) is 1.15. The van der Waals surface area contributed by atoms with Crippen LogP contribution < -0.4 is 0 Å². The number of aliphatic hydroxyl groups is 1. The first-order valence-electron chi connectivity index (χ1n) is 4.67. The molecular formula is C12H12FNO2. The van der Waals surface area contributed by atoms with Crippen LogP contribution >= 0.6 is 0 Å². The Kier molecular flexibility index (Phi) is 4.03. The van der Waals surface area contributed by atoms with E-state index in [2.05, 4.69) is 11.8 Å². The molecule has 0 aliphatic rings. The number of nitrogens with zero attached hydrogens (tertiary/aromatic N) is 1. The molecule has 0 fully saturated rings. The lowest BCUT2D eigenvalue weighted by Gasteiger charge is -2.10. The Hall–Kier alpha value is -1.86. The lowest BCUT2D eigenvalue weighted by Crippen LogP contribution is -2.22. The van der Waals surface area contributed by atoms with Gasteiger partial charge in [-0.05, 0) is 18.2 Å². The highest BCUT2D eigenvalue weighted by atomic mass is 19.1. The molecule has 84 valence electrons. The molecule has 4 heteroatoms. The largest absolute Gasteiger partial charge is 0.384 e. The van der Waals surface area contributed by atoms with E-state index >= 15 is 0 Å². The molecule has 0 saturated heterocycles. The lowest BCUT2D eigenvalue weighted by molar-refractivity contribution is 0.0823. The second kappa shape index (κ2) is 5.29. The summed E-state index contributed by atoms with van der Waals surface area (Å²) < 4.78 is 13.5. The molecule has 0 heterocycles. The quantitative estimate of drug-likeness (QED) is 0.715. The molecule has 0 aliphatic heterocycles. The molecule has 0 spiro atoms. The maximum Gasteiger partial charge on any atom is 0.256 e. The van der Waals surface area contributed by atoms with Crippen molar-refractivity contribution >= 4 is 5.91 Å². The van der Waals surface area contributed by atoms with Gasteiger partial charge in [0, 0.05) is 19.7 Å². The van der Waals surface area contributed by atoms with Gasteiger partial charge in [0.25, 0.3) is 5.91 Å². The van der Waals surface area contributed by atoms with E-state index in [0.717, 1.165) is 0 Å². The number of rotatable bonds is 1. The highest BCUT2D eigenvalue weighted by Gasteiger charge is 2.13. The Balaban J connectivity index is 3.05. The molecule has 1 aromatic rings. The van der Waals surface area contributed by atoms with Gasteiger partial charge in [-0.15, -0.1) is 0 Å². The monoisotopic (exact) mass is 221 g/mol. The minimum Gasteiger partial charge on any atom is -0.384 e. The normalized spacial score (nSPS) is 9.25. The van der Waals surface area contributed by atoms with Gasteiger partial charge in [0.2, 0.25) is 0 Å². The third-order valence-electron chi connectivity index (χ3n) is 1.92. The standard InChI is InChI=1S/C12H12FNO2/c1-14(2)12(16)10-6-5-9(4-3-7-15)8-11(10)13/h5-6,8,15H,7H2,1-2H3. The summed E-state index contributed by atoms with van der Waals surface area (Å²) in [6.07, 6.45) is 0. The van der Waals surface area contributed by atoms with Crippen molar-refractivity contribution in [3.63, 3.8) is 0 Å². The van der Waals surface area contributed by atoms with E-state index in [0.29, 0.717) is 5.56 Å². The van der Waals surface area contributed by atoms with Crippen LogP contribution in [0.5, 0.6) is 0 Å². The minimum absolute atomic E-state index is 0.0135. The fraction of sp³-hybridized carbons (Fsp3) is 0.250. The van der Waals surface area contributed by atoms with Crippen LogP contribution in [-0.2, 0) is 0 Å². The van der Waals surface area contributed by atoms with Crippen molar-refractivity contribution in [1.82, 2.24) is 4.90 Å². The zero-order valence-corrected chi connectivity index (χ0v) is 9.12. The van der Waals surface area contributed by atoms with E-state index in [1.807, 2.05) is 0 Å². The molecule has 0 aromatic heterocycles. The highest BCUT2D eigenvalue weighted by Crippen LogP contribution is 2.11. The number of hydrogen-bond acceptors (Lipinski definition) is 2. The topological polar surface area (TPSA) is 40.5 Å². The van der Waals surface area contributed by atoms with Crippen molar-refractivity contribution < 1.29 is 14.3 Å². The van der Waals surface area contributed by atoms with Gasteiger partial charge in [-0.1, -0.05) is 11.8 Å². The molecule has 1 rings (SSSR count). The third kappa shape index (κ3) is 2.81. The Morgan fingerprint density at radius 2 is 2.19 bits per heavy atom. The SMILES string of the molecule is CN(C)C(=O)c1ccc(C#CCO)cc1F. The van der Waals surface area contributed by atoms with Crippen LogP contribution in [0, 0.1) is 17.7 Å². The van der Waals surface area contributed by atoms with Crippen molar-refractivity contribution in [3.05, 3.63) is 35.1 Å². The van der Waals surface area contributed by atoms with Crippen LogP contribution in [0.1, 0.15) is 15.9 Å². The first kappa shape index (κ1) is 12.2. The molecular weight excluding hydrogens is 209 g/mol. The summed E-state index contributed by atoms with van der Waals surface area (Å²) in [5.41, 5.74) is 0.446. The van der Waals surface area contributed by atoms with E-state index in [1.165, 1.54) is 17.0 Å². The molecule has 1 amide bonds. The summed E-state index contributed by atoms with van der Waals surface area (Å²) in [5.74, 6) is 3.97. The molecule has 0 saturated carbocycles. The highest BCUT2D eigenvalue weighted by molar-refractivity contribution is 5.94. The van der Waals surface area contributed by atoms with Gasteiger partial charge >= 0.3 is 0 Å². The number of aliphatic hydroxyl groups excluding tert-OH is 1. The minimum atomic E-state index is -0.608. The molecule has 16 heavy (non-hydrogen) atoms. The van der Waals surface area contributed by atoms with E-state index in [-0.39, 0.29) is 18.1 Å². The molecule has 1 aromatic carbocycles. The van der Waals surface area contributed by atoms with Crippen LogP contribution in [0.25, 0.3) is 0 Å². The maximum atomic E-state index is 13.5. The Bertz CT molecular complexity index is 458. The number of benzene rings is 1. The fourth-order valence-electron chi connectivity index (χ4n) is 1.15. The average molecular weight is 221 g/mol. The Morgan fingerprint density at radius 1 is 1.50 bits per heavy atom. The van der Waals surface area contributed by atoms with Crippen LogP contribution in [0.15, 0.2) is 18.2 Å². The van der Waals surface area contributed by atoms with Crippen LogP contribution in [-0.4, -0.2) is 36.6 Å². The summed E-state index contributed by atoms with van der Waals surface area (Å²) in [6.45, 7) is -0.278. The number of carbonyl (C=O) groups excluding carboxylic acids is 1. The molecule has 0 bridgehead atoms. The van der Waals surface area contributed by atoms with Gasteiger partial charge < -0.3 is 10.0 Å². The van der Waals surface area contributed by atoms with Gasteiger partial charge in [-0.3, -0.25) is 4.79 Å². The van der Waals surface area contributed by atoms with Crippen molar-refractivity contribution in [2.45, 2.75) is 0 Å². The lowest BCUT2D eigenvalue weighted by atomic mass is 10.1. The number of halogens is 1. The molecule has 1 N–H and O–H groups in total. The number of hydrogen-bond donors (Lipinski definition) is 1. The maximum absolute atomic E-state index is 13.5. The van der Waals surface area contributed by atoms with E-state index in [4.69, 9.17) is 5.11 Å². The predicted octanol–water partition coefficient (Wildman–Crippen LogP) is 0.871. The molecule has 0 radical (unpaired) electrons. The molecule has 0 aliphatic carbocycles. The Labute approximate surface area is 93.5 Å². The van der Waals surface area contributed by atoms with Crippen molar-refractivity contribution in [2.75, 3.05) is 20.7 Å². The second-order valence-corrected chi connectivity index (χ2v) is 3.35. The van der Waals surface area contributed by atoms with Gasteiger partial charge in [0.15, 0.2) is 0 Å². The van der Waals surface area contributed by atoms with Gasteiger partial charge in [0.1, 0.15) is 12.4 Å². The zero-order chi connectivity index (χ0) is 12.1. The first-order valence-corrected chi connectivity index (χ1v) is 4.67. The van der Waals surface area contributed by atoms with E-state index in [9.17, 15) is 9.18 Å². The summed E-state index contributed by atoms with van der Waals surface area (Å²) in [5, 5.41) is 8.48. The van der Waals surface area contributed by atoms with Gasteiger partial charge in [-0.25, -0.2) is 4.39 Å². The van der Waals surface area contributed by atoms with E-state index < -0.39 is 5.82 Å².